The van der Waals surface area contributed by atoms with Gasteiger partial charge in [-0.1, -0.05) is 66.2 Å². The number of methoxy groups -OCH3 is 1. The zero-order chi connectivity index (χ0) is 28.0. The van der Waals surface area contributed by atoms with Crippen LogP contribution in [0.5, 0.6) is 5.75 Å². The molecule has 0 aliphatic heterocycles. The van der Waals surface area contributed by atoms with Crippen molar-refractivity contribution in [1.29, 1.82) is 0 Å². The van der Waals surface area contributed by atoms with E-state index in [9.17, 15) is 18.0 Å². The highest BCUT2D eigenvalue weighted by Crippen LogP contribution is 2.29. The van der Waals surface area contributed by atoms with E-state index in [0.717, 1.165) is 4.31 Å². The van der Waals surface area contributed by atoms with E-state index in [4.69, 9.17) is 21.1 Å². The molecule has 1 N–H and O–H groups in total. The van der Waals surface area contributed by atoms with Gasteiger partial charge in [0.2, 0.25) is 6.10 Å². The zero-order valence-electron chi connectivity index (χ0n) is 21.1. The summed E-state index contributed by atoms with van der Waals surface area (Å²) in [6.45, 7) is 0. The summed E-state index contributed by atoms with van der Waals surface area (Å²) in [5.41, 5.74) is 1.24. The van der Waals surface area contributed by atoms with Crippen molar-refractivity contribution in [2.45, 2.75) is 11.0 Å². The highest BCUT2D eigenvalue weighted by molar-refractivity contribution is 7.92. The minimum Gasteiger partial charge on any atom is -0.495 e. The lowest BCUT2D eigenvalue weighted by Gasteiger charge is -2.20. The number of anilines is 2. The number of carbonyl (C=O) groups is 2. The maximum atomic E-state index is 13.3. The predicted molar refractivity (Wildman–Crippen MR) is 150 cm³/mol. The molecule has 4 aromatic carbocycles. The third-order valence-corrected chi connectivity index (χ3v) is 7.91. The van der Waals surface area contributed by atoms with E-state index in [-0.39, 0.29) is 10.5 Å². The number of hydrogen-bond donors (Lipinski definition) is 1. The van der Waals surface area contributed by atoms with Crippen LogP contribution in [-0.2, 0) is 19.6 Å². The Bertz CT molecular complexity index is 1580. The van der Waals surface area contributed by atoms with E-state index in [1.165, 1.54) is 44.5 Å². The molecule has 4 rings (SSSR count). The van der Waals surface area contributed by atoms with Crippen molar-refractivity contribution in [1.82, 2.24) is 0 Å². The molecule has 0 bridgehead atoms. The molecule has 0 fully saturated rings. The molecule has 39 heavy (non-hydrogen) atoms. The number of nitrogens with zero attached hydrogens (tertiary/aromatic N) is 1. The zero-order valence-corrected chi connectivity index (χ0v) is 22.6. The molecule has 0 spiro atoms. The number of carbonyl (C=O) groups excluding carboxylic acids is 2. The second kappa shape index (κ2) is 12.0. The molecule has 1 unspecified atom stereocenters. The molecule has 200 valence electrons. The van der Waals surface area contributed by atoms with Crippen LogP contribution in [0, 0.1) is 0 Å². The molecular weight excluding hydrogens is 540 g/mol. The molecule has 0 aromatic heterocycles. The minimum atomic E-state index is -3.97. The summed E-state index contributed by atoms with van der Waals surface area (Å²) in [7, 11) is -1.07. The van der Waals surface area contributed by atoms with Crippen LogP contribution in [-0.4, -0.2) is 34.5 Å². The first-order chi connectivity index (χ1) is 18.7. The van der Waals surface area contributed by atoms with Crippen LogP contribution in [0.2, 0.25) is 5.02 Å². The number of ether oxygens (including phenoxy) is 2. The van der Waals surface area contributed by atoms with Crippen LogP contribution in [0.15, 0.2) is 108 Å². The topological polar surface area (TPSA) is 102 Å². The Kier molecular flexibility index (Phi) is 8.53. The number of benzene rings is 4. The number of sulfonamides is 1. The van der Waals surface area contributed by atoms with Gasteiger partial charge in [-0.2, -0.15) is 0 Å². The fourth-order valence-corrected chi connectivity index (χ4v) is 5.25. The van der Waals surface area contributed by atoms with Crippen LogP contribution in [0.1, 0.15) is 22.0 Å². The molecule has 0 radical (unpaired) electrons. The maximum Gasteiger partial charge on any atom is 0.339 e. The highest BCUT2D eigenvalue weighted by Gasteiger charge is 2.28. The summed E-state index contributed by atoms with van der Waals surface area (Å²) in [5, 5.41) is 2.99. The Morgan fingerprint density at radius 1 is 0.872 bits per heavy atom. The summed E-state index contributed by atoms with van der Waals surface area (Å²) < 4.78 is 38.3. The Morgan fingerprint density at radius 2 is 1.54 bits per heavy atom. The second-order valence-electron chi connectivity index (χ2n) is 8.37. The molecule has 0 saturated carbocycles. The van der Waals surface area contributed by atoms with Gasteiger partial charge >= 0.3 is 5.97 Å². The van der Waals surface area contributed by atoms with Crippen LogP contribution in [0.4, 0.5) is 11.4 Å². The first kappa shape index (κ1) is 27.7. The number of amides is 1. The van der Waals surface area contributed by atoms with Gasteiger partial charge in [0.05, 0.1) is 28.3 Å². The van der Waals surface area contributed by atoms with Gasteiger partial charge in [-0.05, 0) is 48.5 Å². The van der Waals surface area contributed by atoms with Gasteiger partial charge in [0, 0.05) is 18.3 Å². The number of nitrogens with one attached hydrogen (secondary N) is 1. The van der Waals surface area contributed by atoms with Crippen molar-refractivity contribution in [3.05, 3.63) is 119 Å². The average molecular weight is 565 g/mol. The lowest BCUT2D eigenvalue weighted by Crippen LogP contribution is -2.27. The van der Waals surface area contributed by atoms with Crippen molar-refractivity contribution in [3.63, 3.8) is 0 Å². The molecule has 4 aromatic rings. The second-order valence-corrected chi connectivity index (χ2v) is 10.7. The number of hydrogen-bond acceptors (Lipinski definition) is 6. The van der Waals surface area contributed by atoms with E-state index >= 15 is 0 Å². The normalized spacial score (nSPS) is 11.8. The predicted octanol–water partition coefficient (Wildman–Crippen LogP) is 5.71. The van der Waals surface area contributed by atoms with Crippen molar-refractivity contribution in [3.8, 4) is 5.75 Å². The Balaban J connectivity index is 1.59. The van der Waals surface area contributed by atoms with Crippen LogP contribution < -0.4 is 14.4 Å². The maximum absolute atomic E-state index is 13.3. The van der Waals surface area contributed by atoms with Gasteiger partial charge in [-0.25, -0.2) is 13.2 Å². The fourth-order valence-electron chi connectivity index (χ4n) is 3.75. The summed E-state index contributed by atoms with van der Waals surface area (Å²) in [5.74, 6) is -1.05. The van der Waals surface area contributed by atoms with E-state index < -0.39 is 28.0 Å². The van der Waals surface area contributed by atoms with Crippen LogP contribution in [0.25, 0.3) is 0 Å². The number of esters is 1. The number of para-hydroxylation sites is 1. The number of rotatable bonds is 9. The van der Waals surface area contributed by atoms with Gasteiger partial charge in [0.25, 0.3) is 15.9 Å². The van der Waals surface area contributed by atoms with Gasteiger partial charge < -0.3 is 14.8 Å². The van der Waals surface area contributed by atoms with Crippen molar-refractivity contribution in [2.24, 2.45) is 0 Å². The molecule has 10 heteroatoms. The standard InChI is InChI=1S/C29H25ClN2O6S/c1-32(23-13-7-4-8-14-23)39(35,36)24-15-9-12-21(18-24)29(34)38-27(20-10-5-3-6-11-20)28(33)31-22-16-17-26(37-2)25(30)19-22/h3-19,27H,1-2H3,(H,31,33). The van der Waals surface area contributed by atoms with Crippen LogP contribution >= 0.6 is 11.6 Å². The van der Waals surface area contributed by atoms with Crippen molar-refractivity contribution >= 4 is 44.9 Å². The molecule has 0 aliphatic rings. The third-order valence-electron chi connectivity index (χ3n) is 5.83. The minimum absolute atomic E-state index is 0.0289. The summed E-state index contributed by atoms with van der Waals surface area (Å²) >= 11 is 6.17. The van der Waals surface area contributed by atoms with Crippen molar-refractivity contribution in [2.75, 3.05) is 23.8 Å². The van der Waals surface area contributed by atoms with Gasteiger partial charge in [0.1, 0.15) is 5.75 Å². The smallest absolute Gasteiger partial charge is 0.339 e. The first-order valence-electron chi connectivity index (χ1n) is 11.7. The largest absolute Gasteiger partial charge is 0.495 e. The van der Waals surface area contributed by atoms with Gasteiger partial charge in [-0.15, -0.1) is 0 Å². The van der Waals surface area contributed by atoms with Crippen molar-refractivity contribution < 1.29 is 27.5 Å². The Labute approximate surface area is 231 Å². The lowest BCUT2D eigenvalue weighted by molar-refractivity contribution is -0.125. The average Bonchev–Trinajstić information content (AvgIpc) is 2.96. The SMILES string of the molecule is COc1ccc(NC(=O)C(OC(=O)c2cccc(S(=O)(=O)N(C)c3ccccc3)c2)c2ccccc2)cc1Cl. The van der Waals surface area contributed by atoms with E-state index in [1.54, 1.807) is 72.8 Å². The molecule has 0 saturated heterocycles. The van der Waals surface area contributed by atoms with E-state index in [2.05, 4.69) is 5.32 Å². The Morgan fingerprint density at radius 3 is 2.18 bits per heavy atom. The molecular formula is C29H25ClN2O6S. The lowest BCUT2D eigenvalue weighted by atomic mass is 10.1. The third kappa shape index (κ3) is 6.39. The Hall–Kier alpha value is -4.34. The molecule has 0 heterocycles. The van der Waals surface area contributed by atoms with E-state index in [1.807, 2.05) is 0 Å². The molecule has 8 nitrogen and oxygen atoms in total. The molecule has 1 atom stereocenters. The van der Waals surface area contributed by atoms with Gasteiger partial charge in [-0.3, -0.25) is 9.10 Å². The summed E-state index contributed by atoms with van der Waals surface area (Å²) in [6, 6.07) is 27.2. The molecule has 0 aliphatic carbocycles. The van der Waals surface area contributed by atoms with Crippen LogP contribution in [0.3, 0.4) is 0 Å². The van der Waals surface area contributed by atoms with E-state index in [0.29, 0.717) is 27.7 Å². The quantitative estimate of drug-likeness (QED) is 0.261. The highest BCUT2D eigenvalue weighted by atomic mass is 35.5. The molecule has 1 amide bonds. The number of halogens is 1. The fraction of sp³-hybridized carbons (Fsp3) is 0.103. The first-order valence-corrected chi connectivity index (χ1v) is 13.6. The van der Waals surface area contributed by atoms with Gasteiger partial charge in [0.15, 0.2) is 0 Å². The monoisotopic (exact) mass is 564 g/mol. The summed E-state index contributed by atoms with van der Waals surface area (Å²) in [6.07, 6.45) is -1.33. The summed E-state index contributed by atoms with van der Waals surface area (Å²) in [4.78, 5) is 26.3.